The van der Waals surface area contributed by atoms with Gasteiger partial charge < -0.3 is 4.18 Å². The van der Waals surface area contributed by atoms with E-state index < -0.39 is 10.1 Å². The van der Waals surface area contributed by atoms with Gasteiger partial charge in [-0.2, -0.15) is 8.42 Å². The van der Waals surface area contributed by atoms with Gasteiger partial charge in [0.05, 0.1) is 0 Å². The van der Waals surface area contributed by atoms with Crippen LogP contribution in [0.4, 0.5) is 0 Å². The summed E-state index contributed by atoms with van der Waals surface area (Å²) in [6.07, 6.45) is 4.30. The Morgan fingerprint density at radius 2 is 1.33 bits per heavy atom. The van der Waals surface area contributed by atoms with Crippen molar-refractivity contribution < 1.29 is 12.6 Å². The van der Waals surface area contributed by atoms with Crippen LogP contribution in [0.1, 0.15) is 0 Å². The largest absolute Gasteiger partial charge is 0.378 e. The van der Waals surface area contributed by atoms with Crippen molar-refractivity contribution in [2.24, 2.45) is 0 Å². The van der Waals surface area contributed by atoms with Crippen LogP contribution in [0, 0.1) is 0 Å². The lowest BCUT2D eigenvalue weighted by Gasteiger charge is -2.12. The molecule has 0 fully saturated rings. The van der Waals surface area contributed by atoms with Crippen LogP contribution in [0.5, 0.6) is 5.75 Å². The summed E-state index contributed by atoms with van der Waals surface area (Å²) in [7, 11) is -3.91. The summed E-state index contributed by atoms with van der Waals surface area (Å²) < 4.78 is 31.7. The highest BCUT2D eigenvalue weighted by Gasteiger charge is 2.22. The second-order valence-electron chi connectivity index (χ2n) is 6.44. The number of fused-ring (bicyclic) bond motifs is 2. The lowest BCUT2D eigenvalue weighted by Crippen LogP contribution is -2.11. The van der Waals surface area contributed by atoms with Crippen molar-refractivity contribution >= 4 is 42.6 Å². The average molecular weight is 396 g/mol. The fraction of sp³-hybridized carbons (Fsp3) is 0.0909. The van der Waals surface area contributed by atoms with Crippen molar-refractivity contribution in [2.75, 3.05) is 12.5 Å². The van der Waals surface area contributed by atoms with Crippen LogP contribution in [-0.2, 0) is 21.0 Å². The monoisotopic (exact) mass is 395 g/mol. The van der Waals surface area contributed by atoms with E-state index in [0.29, 0.717) is 11.1 Å². The zero-order valence-electron chi connectivity index (χ0n) is 15.0. The second kappa shape index (κ2) is 6.91. The van der Waals surface area contributed by atoms with E-state index in [9.17, 15) is 8.42 Å². The van der Waals surface area contributed by atoms with E-state index >= 15 is 0 Å². The first kappa shape index (κ1) is 17.9. The Morgan fingerprint density at radius 1 is 0.704 bits per heavy atom. The molecule has 3 nitrogen and oxygen atoms in total. The highest BCUT2D eigenvalue weighted by molar-refractivity contribution is 7.95. The molecule has 0 atom stereocenters. The van der Waals surface area contributed by atoms with Crippen molar-refractivity contribution in [3.8, 4) is 5.75 Å². The van der Waals surface area contributed by atoms with E-state index in [0.717, 1.165) is 16.2 Å². The van der Waals surface area contributed by atoms with E-state index in [-0.39, 0.29) is 15.8 Å². The minimum Gasteiger partial charge on any atom is -0.378 e. The molecule has 4 aromatic rings. The van der Waals surface area contributed by atoms with Crippen LogP contribution >= 0.6 is 0 Å². The quantitative estimate of drug-likeness (QED) is 0.361. The molecular formula is C22H19O3S2+. The molecule has 0 heterocycles. The van der Waals surface area contributed by atoms with E-state index in [1.807, 2.05) is 54.6 Å². The smallest absolute Gasteiger partial charge is 0.339 e. The molecule has 0 spiro atoms. The standard InChI is InChI=1S/C22H19O3S2/c1-26(2)21-15-14-20(18-11-5-6-12-19(18)21)25-27(23,24)22-13-7-9-16-8-3-4-10-17(16)22/h3-15H,1-2H3/q+1. The molecule has 27 heavy (non-hydrogen) atoms. The first-order valence-electron chi connectivity index (χ1n) is 8.49. The van der Waals surface area contributed by atoms with Crippen molar-refractivity contribution in [1.29, 1.82) is 0 Å². The predicted molar refractivity (Wildman–Crippen MR) is 113 cm³/mol. The molecule has 0 aliphatic carbocycles. The molecule has 0 aliphatic rings. The fourth-order valence-electron chi connectivity index (χ4n) is 3.25. The van der Waals surface area contributed by atoms with Gasteiger partial charge in [-0.15, -0.1) is 0 Å². The van der Waals surface area contributed by atoms with Crippen molar-refractivity contribution in [2.45, 2.75) is 9.79 Å². The molecule has 0 amide bonds. The van der Waals surface area contributed by atoms with Crippen molar-refractivity contribution in [1.82, 2.24) is 0 Å². The van der Waals surface area contributed by atoms with Gasteiger partial charge in [-0.3, -0.25) is 0 Å². The molecule has 4 aromatic carbocycles. The van der Waals surface area contributed by atoms with Gasteiger partial charge in [0, 0.05) is 27.1 Å². The predicted octanol–water partition coefficient (Wildman–Crippen LogP) is 5.00. The first-order valence-corrected chi connectivity index (χ1v) is 11.9. The van der Waals surface area contributed by atoms with E-state index in [1.165, 1.54) is 4.90 Å². The molecule has 5 heteroatoms. The maximum absolute atomic E-state index is 13.1. The molecule has 0 aromatic heterocycles. The molecule has 0 saturated heterocycles. The van der Waals surface area contributed by atoms with Crippen LogP contribution in [-0.4, -0.2) is 20.9 Å². The Morgan fingerprint density at radius 3 is 2.07 bits per heavy atom. The summed E-state index contributed by atoms with van der Waals surface area (Å²) >= 11 is 0. The highest BCUT2D eigenvalue weighted by atomic mass is 32.2. The molecule has 4 rings (SSSR count). The Balaban J connectivity index is 1.85. The Bertz CT molecular complexity index is 1240. The molecular weight excluding hydrogens is 376 g/mol. The van der Waals surface area contributed by atoms with Gasteiger partial charge in [-0.25, -0.2) is 0 Å². The van der Waals surface area contributed by atoms with Crippen LogP contribution in [0.2, 0.25) is 0 Å². The maximum atomic E-state index is 13.1. The topological polar surface area (TPSA) is 43.4 Å². The van der Waals surface area contributed by atoms with Gasteiger partial charge >= 0.3 is 10.1 Å². The number of rotatable bonds is 4. The third-order valence-corrected chi connectivity index (χ3v) is 7.03. The van der Waals surface area contributed by atoms with Gasteiger partial charge in [0.15, 0.2) is 10.6 Å². The minimum absolute atomic E-state index is 0.0555. The fourth-order valence-corrected chi connectivity index (χ4v) is 5.38. The summed E-state index contributed by atoms with van der Waals surface area (Å²) in [5.74, 6) is 0.354. The summed E-state index contributed by atoms with van der Waals surface area (Å²) in [6.45, 7) is 0. The molecule has 0 saturated carbocycles. The molecule has 0 unspecified atom stereocenters. The zero-order chi connectivity index (χ0) is 19.0. The highest BCUT2D eigenvalue weighted by Crippen LogP contribution is 2.34. The third kappa shape index (κ3) is 3.29. The van der Waals surface area contributed by atoms with Gasteiger partial charge in [-0.1, -0.05) is 54.6 Å². The summed E-state index contributed by atoms with van der Waals surface area (Å²) in [4.78, 5) is 1.38. The number of hydrogen-bond acceptors (Lipinski definition) is 3. The maximum Gasteiger partial charge on any atom is 0.339 e. The first-order chi connectivity index (χ1) is 13.0. The van der Waals surface area contributed by atoms with Crippen LogP contribution in [0.15, 0.2) is 88.7 Å². The third-order valence-electron chi connectivity index (χ3n) is 4.50. The van der Waals surface area contributed by atoms with E-state index in [1.54, 1.807) is 24.3 Å². The van der Waals surface area contributed by atoms with Crippen molar-refractivity contribution in [3.05, 3.63) is 78.9 Å². The van der Waals surface area contributed by atoms with Gasteiger partial charge in [0.1, 0.15) is 17.4 Å². The number of hydrogen-bond donors (Lipinski definition) is 0. The number of benzene rings is 4. The second-order valence-corrected chi connectivity index (χ2v) is 10.0. The van der Waals surface area contributed by atoms with Gasteiger partial charge in [-0.05, 0) is 29.7 Å². The molecule has 0 aliphatic heterocycles. The molecule has 0 radical (unpaired) electrons. The minimum atomic E-state index is -3.96. The van der Waals surface area contributed by atoms with Crippen LogP contribution in [0.3, 0.4) is 0 Å². The molecule has 0 bridgehead atoms. The molecule has 0 N–H and O–H groups in total. The Labute approximate surface area is 162 Å². The van der Waals surface area contributed by atoms with Crippen molar-refractivity contribution in [3.63, 3.8) is 0 Å². The van der Waals surface area contributed by atoms with Crippen LogP contribution in [0.25, 0.3) is 21.5 Å². The summed E-state index contributed by atoms with van der Waals surface area (Å²) in [6, 6.07) is 24.1. The summed E-state index contributed by atoms with van der Waals surface area (Å²) in [5, 5.41) is 3.35. The Kier molecular flexibility index (Phi) is 4.58. The summed E-state index contributed by atoms with van der Waals surface area (Å²) in [5.41, 5.74) is 0. The van der Waals surface area contributed by atoms with Gasteiger partial charge in [0.2, 0.25) is 0 Å². The van der Waals surface area contributed by atoms with E-state index in [4.69, 9.17) is 4.18 Å². The lowest BCUT2D eigenvalue weighted by atomic mass is 10.1. The van der Waals surface area contributed by atoms with Crippen LogP contribution < -0.4 is 4.18 Å². The SMILES string of the molecule is C[S+](C)c1ccc(OS(=O)(=O)c2cccc3ccccc23)c2ccccc12. The normalized spacial score (nSPS) is 12.0. The van der Waals surface area contributed by atoms with Gasteiger partial charge in [0.25, 0.3) is 0 Å². The average Bonchev–Trinajstić information content (AvgIpc) is 2.67. The molecule has 136 valence electrons. The van der Waals surface area contributed by atoms with E-state index in [2.05, 4.69) is 12.5 Å². The zero-order valence-corrected chi connectivity index (χ0v) is 16.7. The Hall–Kier alpha value is -2.50. The lowest BCUT2D eigenvalue weighted by molar-refractivity contribution is 0.489.